The van der Waals surface area contributed by atoms with Crippen molar-refractivity contribution >= 4 is 5.97 Å². The van der Waals surface area contributed by atoms with Crippen molar-refractivity contribution in [3.63, 3.8) is 0 Å². The molecule has 2 fully saturated rings. The lowest BCUT2D eigenvalue weighted by Crippen LogP contribution is -2.67. The molecule has 5 aromatic carbocycles. The van der Waals surface area contributed by atoms with Crippen LogP contribution in [0.1, 0.15) is 41.2 Å². The minimum Gasteiger partial charge on any atom is -0.465 e. The molecule has 2 aliphatic heterocycles. The third-order valence-electron chi connectivity index (χ3n) is 9.85. The van der Waals surface area contributed by atoms with Crippen LogP contribution in [0.3, 0.4) is 0 Å². The fraction of sp³-hybridized carbons (Fsp3) is 0.326. The highest BCUT2D eigenvalue weighted by Gasteiger charge is 2.64. The number of hydroxylamine groups is 2. The third-order valence-corrected chi connectivity index (χ3v) is 9.85. The molecule has 9 heteroatoms. The number of nitrogens with zero attached hydrogens (tertiary/aromatic N) is 1. The maximum atomic E-state index is 13.8. The first-order chi connectivity index (χ1) is 27.1. The zero-order valence-electron chi connectivity index (χ0n) is 31.2. The van der Waals surface area contributed by atoms with Crippen molar-refractivity contribution in [2.75, 3.05) is 13.2 Å². The number of esters is 1. The van der Waals surface area contributed by atoms with E-state index in [0.29, 0.717) is 19.8 Å². The van der Waals surface area contributed by atoms with E-state index in [4.69, 9.17) is 33.3 Å². The molecule has 2 saturated heterocycles. The van der Waals surface area contributed by atoms with Gasteiger partial charge in [-0.1, -0.05) is 152 Å². The van der Waals surface area contributed by atoms with Gasteiger partial charge in [0.1, 0.15) is 30.5 Å². The molecule has 0 aromatic heterocycles. The molecule has 6 atom stereocenters. The highest BCUT2D eigenvalue weighted by atomic mass is 16.8. The SMILES string of the molecule is CCOC(=O)[C@H]1C[C@]2(O[C@H](COCc3ccccc3)[C@@H](OCc3ccccc3)[C@H](OCc3ccccc3)[C@H]2OCc2ccccc2)ON1Cc1ccccc1. The molecule has 7 rings (SSSR count). The topological polar surface area (TPSA) is 84.9 Å². The fourth-order valence-corrected chi connectivity index (χ4v) is 7.17. The van der Waals surface area contributed by atoms with Crippen LogP contribution in [-0.2, 0) is 71.0 Å². The fourth-order valence-electron chi connectivity index (χ4n) is 7.17. The van der Waals surface area contributed by atoms with Crippen molar-refractivity contribution < 1.29 is 38.1 Å². The minimum atomic E-state index is -1.48. The Morgan fingerprint density at radius 2 is 1.07 bits per heavy atom. The number of benzene rings is 5. The third kappa shape index (κ3) is 10.1. The van der Waals surface area contributed by atoms with Crippen molar-refractivity contribution in [1.29, 1.82) is 0 Å². The molecule has 5 aromatic rings. The largest absolute Gasteiger partial charge is 0.465 e. The van der Waals surface area contributed by atoms with Gasteiger partial charge in [0, 0.05) is 6.42 Å². The van der Waals surface area contributed by atoms with Gasteiger partial charge in [-0.25, -0.2) is 0 Å². The molecular weight excluding hydrogens is 695 g/mol. The summed E-state index contributed by atoms with van der Waals surface area (Å²) in [5.41, 5.74) is 4.96. The second-order valence-electron chi connectivity index (χ2n) is 13.8. The van der Waals surface area contributed by atoms with Gasteiger partial charge in [-0.3, -0.25) is 9.63 Å². The van der Waals surface area contributed by atoms with Crippen LogP contribution < -0.4 is 0 Å². The van der Waals surface area contributed by atoms with Gasteiger partial charge in [0.25, 0.3) is 0 Å². The molecule has 0 radical (unpaired) electrons. The summed E-state index contributed by atoms with van der Waals surface area (Å²) in [7, 11) is 0. The average molecular weight is 744 g/mol. The molecule has 286 valence electrons. The zero-order valence-corrected chi connectivity index (χ0v) is 31.2. The second kappa shape index (κ2) is 19.2. The van der Waals surface area contributed by atoms with E-state index in [9.17, 15) is 4.79 Å². The van der Waals surface area contributed by atoms with E-state index in [-0.39, 0.29) is 32.8 Å². The summed E-state index contributed by atoms with van der Waals surface area (Å²) in [5, 5.41) is 1.67. The van der Waals surface area contributed by atoms with Crippen molar-refractivity contribution in [2.45, 2.75) is 82.6 Å². The van der Waals surface area contributed by atoms with Crippen molar-refractivity contribution in [1.82, 2.24) is 5.06 Å². The Morgan fingerprint density at radius 3 is 1.58 bits per heavy atom. The van der Waals surface area contributed by atoms with Crippen LogP contribution in [0, 0.1) is 0 Å². The first kappa shape index (κ1) is 38.6. The molecule has 0 saturated carbocycles. The molecule has 0 unspecified atom stereocenters. The summed E-state index contributed by atoms with van der Waals surface area (Å²) in [6.07, 6.45) is -2.76. The summed E-state index contributed by atoms with van der Waals surface area (Å²) in [6, 6.07) is 49.1. The average Bonchev–Trinajstić information content (AvgIpc) is 3.59. The Hall–Kier alpha value is -4.71. The van der Waals surface area contributed by atoms with Gasteiger partial charge < -0.3 is 28.4 Å². The summed E-state index contributed by atoms with van der Waals surface area (Å²) < 4.78 is 39.9. The Kier molecular flexibility index (Phi) is 13.5. The predicted molar refractivity (Wildman–Crippen MR) is 207 cm³/mol. The number of hydrogen-bond donors (Lipinski definition) is 0. The van der Waals surface area contributed by atoms with Crippen LogP contribution in [0.4, 0.5) is 0 Å². The standard InChI is InChI=1S/C46H49NO8/c1-2-50-45(48)40-28-46(55-47(40)29-35-18-8-3-9-19-35)44(53-33-39-26-16-7-17-27-39)43(52-32-38-24-14-6-15-25-38)42(51-31-37-22-12-5-13-23-37)41(54-46)34-49-30-36-20-10-4-11-21-36/h3-27,40-44H,2,28-34H2,1H3/t40-,41-,42-,43+,44-,46+/m1/s1. The van der Waals surface area contributed by atoms with Crippen LogP contribution in [-0.4, -0.2) is 60.5 Å². The Morgan fingerprint density at radius 1 is 0.618 bits per heavy atom. The first-order valence-electron chi connectivity index (χ1n) is 19.0. The van der Waals surface area contributed by atoms with Gasteiger partial charge in [-0.15, -0.1) is 0 Å². The highest BCUT2D eigenvalue weighted by molar-refractivity contribution is 5.76. The van der Waals surface area contributed by atoms with E-state index in [1.54, 1.807) is 12.0 Å². The van der Waals surface area contributed by atoms with Crippen LogP contribution in [0.15, 0.2) is 152 Å². The van der Waals surface area contributed by atoms with Crippen molar-refractivity contribution in [3.05, 3.63) is 179 Å². The van der Waals surface area contributed by atoms with E-state index in [1.165, 1.54) is 0 Å². The zero-order chi connectivity index (χ0) is 37.7. The lowest BCUT2D eigenvalue weighted by molar-refractivity contribution is -0.408. The van der Waals surface area contributed by atoms with Gasteiger partial charge in [0.15, 0.2) is 0 Å². The van der Waals surface area contributed by atoms with E-state index in [0.717, 1.165) is 27.8 Å². The Balaban J connectivity index is 1.28. The van der Waals surface area contributed by atoms with Crippen LogP contribution in [0.25, 0.3) is 0 Å². The number of rotatable bonds is 17. The molecule has 0 aliphatic carbocycles. The second-order valence-corrected chi connectivity index (χ2v) is 13.8. The van der Waals surface area contributed by atoms with Crippen LogP contribution in [0.5, 0.6) is 0 Å². The van der Waals surface area contributed by atoms with Gasteiger partial charge in [0.05, 0.1) is 46.2 Å². The molecule has 9 nitrogen and oxygen atoms in total. The molecular formula is C46H49NO8. The number of hydrogen-bond acceptors (Lipinski definition) is 9. The molecule has 2 heterocycles. The number of carbonyl (C=O) groups excluding carboxylic acids is 1. The van der Waals surface area contributed by atoms with E-state index >= 15 is 0 Å². The predicted octanol–water partition coefficient (Wildman–Crippen LogP) is 7.82. The summed E-state index contributed by atoms with van der Waals surface area (Å²) in [6.45, 7) is 3.72. The Bertz CT molecular complexity index is 1870. The lowest BCUT2D eigenvalue weighted by Gasteiger charge is -2.50. The maximum absolute atomic E-state index is 13.8. The monoisotopic (exact) mass is 743 g/mol. The van der Waals surface area contributed by atoms with Gasteiger partial charge in [0.2, 0.25) is 5.79 Å². The van der Waals surface area contributed by atoms with E-state index in [2.05, 4.69) is 0 Å². The lowest BCUT2D eigenvalue weighted by atomic mass is 9.88. The minimum absolute atomic E-state index is 0.129. The smallest absolute Gasteiger partial charge is 0.325 e. The van der Waals surface area contributed by atoms with Crippen molar-refractivity contribution in [3.8, 4) is 0 Å². The van der Waals surface area contributed by atoms with Gasteiger partial charge in [-0.05, 0) is 34.7 Å². The number of carbonyl (C=O) groups is 1. The summed E-state index contributed by atoms with van der Waals surface area (Å²) in [4.78, 5) is 20.7. The molecule has 1 spiro atoms. The highest BCUT2D eigenvalue weighted by Crippen LogP contribution is 2.46. The molecule has 0 N–H and O–H groups in total. The van der Waals surface area contributed by atoms with E-state index in [1.807, 2.05) is 152 Å². The molecule has 2 aliphatic rings. The quantitative estimate of drug-likeness (QED) is 0.0886. The molecule has 0 bridgehead atoms. The van der Waals surface area contributed by atoms with Gasteiger partial charge in [-0.2, -0.15) is 5.06 Å². The van der Waals surface area contributed by atoms with Crippen LogP contribution in [0.2, 0.25) is 0 Å². The molecule has 0 amide bonds. The Labute approximate surface area is 323 Å². The number of ether oxygens (including phenoxy) is 6. The normalized spacial score (nSPS) is 23.8. The van der Waals surface area contributed by atoms with E-state index < -0.39 is 42.2 Å². The van der Waals surface area contributed by atoms with Gasteiger partial charge >= 0.3 is 5.97 Å². The van der Waals surface area contributed by atoms with Crippen LogP contribution >= 0.6 is 0 Å². The maximum Gasteiger partial charge on any atom is 0.325 e. The first-order valence-corrected chi connectivity index (χ1v) is 19.0. The summed E-state index contributed by atoms with van der Waals surface area (Å²) >= 11 is 0. The van der Waals surface area contributed by atoms with Crippen molar-refractivity contribution in [2.24, 2.45) is 0 Å². The summed E-state index contributed by atoms with van der Waals surface area (Å²) in [5.74, 6) is -1.88. The molecule has 55 heavy (non-hydrogen) atoms.